The molecule has 0 saturated carbocycles. The molecule has 2 N–H and O–H groups in total. The Hall–Kier alpha value is -2.13. The lowest BCUT2D eigenvalue weighted by atomic mass is 9.79. The van der Waals surface area contributed by atoms with Gasteiger partial charge in [0.2, 0.25) is 0 Å². The highest BCUT2D eigenvalue weighted by molar-refractivity contribution is 7.13. The van der Waals surface area contributed by atoms with E-state index in [-0.39, 0.29) is 5.41 Å². The van der Waals surface area contributed by atoms with Crippen LogP contribution in [0.4, 0.5) is 5.69 Å². The molecule has 28 heavy (non-hydrogen) atoms. The van der Waals surface area contributed by atoms with E-state index >= 15 is 0 Å². The number of benzene rings is 2. The highest BCUT2D eigenvalue weighted by atomic mass is 32.1. The molecule has 3 aromatic rings. The zero-order chi connectivity index (χ0) is 19.9. The maximum absolute atomic E-state index is 6.10. The fourth-order valence-electron chi connectivity index (χ4n) is 4.39. The first kappa shape index (κ1) is 19.2. The van der Waals surface area contributed by atoms with Gasteiger partial charge in [0.05, 0.1) is 5.69 Å². The standard InChI is InChI=1S/C25H30N2S/c1-16-13-22(26)17(2)12-21(16)25(3,4)23-15-28-24(27-23)20-11-10-18-8-6-5-7-9-19(18)14-20/h10-15H,5-9,26H2,1-4H3. The predicted octanol–water partition coefficient (Wildman–Crippen LogP) is 6.60. The Kier molecular flexibility index (Phi) is 5.05. The first-order valence-corrected chi connectivity index (χ1v) is 11.2. The maximum atomic E-state index is 6.10. The van der Waals surface area contributed by atoms with E-state index in [9.17, 15) is 0 Å². The van der Waals surface area contributed by atoms with Gasteiger partial charge in [-0.05, 0) is 79.5 Å². The van der Waals surface area contributed by atoms with Crippen molar-refractivity contribution in [3.63, 3.8) is 0 Å². The molecule has 0 saturated heterocycles. The van der Waals surface area contributed by atoms with Crippen molar-refractivity contribution >= 4 is 17.0 Å². The van der Waals surface area contributed by atoms with E-state index in [1.54, 1.807) is 11.3 Å². The number of hydrogen-bond donors (Lipinski definition) is 1. The number of aromatic nitrogens is 1. The van der Waals surface area contributed by atoms with Crippen molar-refractivity contribution in [3.8, 4) is 10.6 Å². The predicted molar refractivity (Wildman–Crippen MR) is 121 cm³/mol. The molecule has 146 valence electrons. The van der Waals surface area contributed by atoms with E-state index in [1.165, 1.54) is 59.9 Å². The molecule has 2 nitrogen and oxygen atoms in total. The van der Waals surface area contributed by atoms with Crippen LogP contribution in [0.3, 0.4) is 0 Å². The minimum Gasteiger partial charge on any atom is -0.399 e. The van der Waals surface area contributed by atoms with E-state index in [2.05, 4.69) is 63.4 Å². The van der Waals surface area contributed by atoms with Crippen molar-refractivity contribution in [1.29, 1.82) is 0 Å². The molecule has 0 amide bonds. The summed E-state index contributed by atoms with van der Waals surface area (Å²) in [6.45, 7) is 8.75. The third-order valence-corrected chi connectivity index (χ3v) is 7.17. The molecule has 1 aromatic heterocycles. The summed E-state index contributed by atoms with van der Waals surface area (Å²) in [5.74, 6) is 0. The molecule has 4 rings (SSSR count). The molecule has 0 radical (unpaired) electrons. The minimum atomic E-state index is -0.150. The van der Waals surface area contributed by atoms with Gasteiger partial charge < -0.3 is 5.73 Å². The van der Waals surface area contributed by atoms with Gasteiger partial charge in [0.25, 0.3) is 0 Å². The zero-order valence-electron chi connectivity index (χ0n) is 17.4. The lowest BCUT2D eigenvalue weighted by Gasteiger charge is -2.26. The fourth-order valence-corrected chi connectivity index (χ4v) is 5.37. The van der Waals surface area contributed by atoms with Crippen LogP contribution in [0.5, 0.6) is 0 Å². The number of rotatable bonds is 3. The van der Waals surface area contributed by atoms with Gasteiger partial charge in [-0.15, -0.1) is 11.3 Å². The van der Waals surface area contributed by atoms with Crippen molar-refractivity contribution in [3.05, 3.63) is 69.2 Å². The molecule has 0 unspecified atom stereocenters. The zero-order valence-corrected chi connectivity index (χ0v) is 18.2. The number of nitrogen functional groups attached to an aromatic ring is 1. The Balaban J connectivity index is 1.69. The summed E-state index contributed by atoms with van der Waals surface area (Å²) < 4.78 is 0. The Labute approximate surface area is 172 Å². The molecule has 0 atom stereocenters. The van der Waals surface area contributed by atoms with Crippen LogP contribution >= 0.6 is 11.3 Å². The number of anilines is 1. The largest absolute Gasteiger partial charge is 0.399 e. The third-order valence-electron chi connectivity index (χ3n) is 6.28. The summed E-state index contributed by atoms with van der Waals surface area (Å²) in [5, 5.41) is 3.35. The van der Waals surface area contributed by atoms with Crippen molar-refractivity contribution < 1.29 is 0 Å². The summed E-state index contributed by atoms with van der Waals surface area (Å²) in [5.41, 5.74) is 15.9. The third kappa shape index (κ3) is 3.48. The summed E-state index contributed by atoms with van der Waals surface area (Å²) in [7, 11) is 0. The van der Waals surface area contributed by atoms with E-state index in [0.717, 1.165) is 22.0 Å². The summed E-state index contributed by atoms with van der Waals surface area (Å²) >= 11 is 1.76. The Morgan fingerprint density at radius 2 is 1.68 bits per heavy atom. The van der Waals surface area contributed by atoms with Crippen LogP contribution in [0.15, 0.2) is 35.7 Å². The summed E-state index contributed by atoms with van der Waals surface area (Å²) in [4.78, 5) is 5.08. The van der Waals surface area contributed by atoms with Crippen LogP contribution in [-0.4, -0.2) is 4.98 Å². The molecule has 3 heteroatoms. The Morgan fingerprint density at radius 3 is 2.46 bits per heavy atom. The average molecular weight is 391 g/mol. The number of aryl methyl sites for hydroxylation is 4. The average Bonchev–Trinajstić information content (AvgIpc) is 3.05. The highest BCUT2D eigenvalue weighted by Gasteiger charge is 2.28. The van der Waals surface area contributed by atoms with Gasteiger partial charge in [-0.3, -0.25) is 0 Å². The normalized spacial score (nSPS) is 14.6. The summed E-state index contributed by atoms with van der Waals surface area (Å²) in [6, 6.07) is 11.3. The number of fused-ring (bicyclic) bond motifs is 1. The second kappa shape index (κ2) is 7.36. The number of nitrogens with two attached hydrogens (primary N) is 1. The lowest BCUT2D eigenvalue weighted by Crippen LogP contribution is -2.21. The molecular weight excluding hydrogens is 360 g/mol. The highest BCUT2D eigenvalue weighted by Crippen LogP contribution is 2.38. The van der Waals surface area contributed by atoms with Gasteiger partial charge >= 0.3 is 0 Å². The Morgan fingerprint density at radius 1 is 0.929 bits per heavy atom. The van der Waals surface area contributed by atoms with Crippen LogP contribution in [0.1, 0.15) is 66.6 Å². The summed E-state index contributed by atoms with van der Waals surface area (Å²) in [6.07, 6.45) is 6.41. The SMILES string of the molecule is Cc1cc(C(C)(C)c2csc(-c3ccc4c(c3)CCCCC4)n2)c(C)cc1N. The van der Waals surface area contributed by atoms with E-state index < -0.39 is 0 Å². The van der Waals surface area contributed by atoms with Gasteiger partial charge in [0.1, 0.15) is 5.01 Å². The molecule has 0 fully saturated rings. The van der Waals surface area contributed by atoms with Gasteiger partial charge in [0.15, 0.2) is 0 Å². The van der Waals surface area contributed by atoms with Crippen LogP contribution in [0.2, 0.25) is 0 Å². The second-order valence-electron chi connectivity index (χ2n) is 8.73. The van der Waals surface area contributed by atoms with E-state index in [1.807, 2.05) is 0 Å². The number of thiazole rings is 1. The molecule has 2 aromatic carbocycles. The molecule has 0 aliphatic heterocycles. The van der Waals surface area contributed by atoms with Crippen LogP contribution in [0, 0.1) is 13.8 Å². The van der Waals surface area contributed by atoms with Gasteiger partial charge in [-0.1, -0.05) is 38.5 Å². The first-order chi connectivity index (χ1) is 13.4. The smallest absolute Gasteiger partial charge is 0.123 e. The van der Waals surface area contributed by atoms with Gasteiger partial charge in [0, 0.05) is 22.0 Å². The van der Waals surface area contributed by atoms with Gasteiger partial charge in [-0.2, -0.15) is 0 Å². The molecule has 0 spiro atoms. The van der Waals surface area contributed by atoms with Crippen molar-refractivity contribution in [1.82, 2.24) is 4.98 Å². The van der Waals surface area contributed by atoms with Crippen molar-refractivity contribution in [2.24, 2.45) is 0 Å². The van der Waals surface area contributed by atoms with E-state index in [0.29, 0.717) is 0 Å². The Bertz CT molecular complexity index is 1010. The van der Waals surface area contributed by atoms with Gasteiger partial charge in [-0.25, -0.2) is 4.98 Å². The first-order valence-electron chi connectivity index (χ1n) is 10.3. The van der Waals surface area contributed by atoms with Crippen LogP contribution in [0.25, 0.3) is 10.6 Å². The molecule has 1 aliphatic rings. The number of hydrogen-bond acceptors (Lipinski definition) is 3. The fraction of sp³-hybridized carbons (Fsp3) is 0.400. The van der Waals surface area contributed by atoms with Crippen molar-refractivity contribution in [2.75, 3.05) is 5.73 Å². The second-order valence-corrected chi connectivity index (χ2v) is 9.59. The topological polar surface area (TPSA) is 38.9 Å². The minimum absolute atomic E-state index is 0.150. The number of nitrogens with zero attached hydrogens (tertiary/aromatic N) is 1. The van der Waals surface area contributed by atoms with Crippen molar-refractivity contribution in [2.45, 2.75) is 65.2 Å². The monoisotopic (exact) mass is 390 g/mol. The quantitative estimate of drug-likeness (QED) is 0.404. The molecule has 1 heterocycles. The maximum Gasteiger partial charge on any atom is 0.123 e. The van der Waals surface area contributed by atoms with Crippen LogP contribution in [-0.2, 0) is 18.3 Å². The molecular formula is C25H30N2S. The molecule has 1 aliphatic carbocycles. The lowest BCUT2D eigenvalue weighted by molar-refractivity contribution is 0.617. The molecule has 0 bridgehead atoms. The van der Waals surface area contributed by atoms with E-state index in [4.69, 9.17) is 10.7 Å². The van der Waals surface area contributed by atoms with Crippen LogP contribution < -0.4 is 5.73 Å².